The number of H-pyrrole nitrogens is 1. The molecule has 0 bridgehead atoms. The van der Waals surface area contributed by atoms with Gasteiger partial charge in [-0.15, -0.1) is 0 Å². The van der Waals surface area contributed by atoms with Crippen molar-refractivity contribution in [1.82, 2.24) is 9.55 Å². The van der Waals surface area contributed by atoms with E-state index in [2.05, 4.69) is 61.4 Å². The Balaban J connectivity index is 2.36. The highest BCUT2D eigenvalue weighted by atomic mass is 127. The molecule has 9 heteroatoms. The van der Waals surface area contributed by atoms with Gasteiger partial charge in [-0.05, 0) is 18.1 Å². The van der Waals surface area contributed by atoms with E-state index in [-0.39, 0.29) is 17.7 Å². The molecule has 2 rings (SSSR count). The predicted molar refractivity (Wildman–Crippen MR) is 107 cm³/mol. The molecule has 1 aromatic rings. The standard InChI is InChI=1S/C16H27IN2O5Si/c1-15(2,3)25(4,5)24-11-8-13(23-16(11,9-17)10-20)19-7-6-12(21)18-14(19)22/h6-7,11,13,20H,8-10H2,1-5H3,(H,18,21,22)/t11?,13-,16-/m0/s1. The van der Waals surface area contributed by atoms with Crippen LogP contribution in [0.5, 0.6) is 0 Å². The Morgan fingerprint density at radius 3 is 2.60 bits per heavy atom. The van der Waals surface area contributed by atoms with Gasteiger partial charge in [0.25, 0.3) is 5.56 Å². The molecule has 2 N–H and O–H groups in total. The van der Waals surface area contributed by atoms with Crippen LogP contribution >= 0.6 is 22.6 Å². The van der Waals surface area contributed by atoms with Gasteiger partial charge >= 0.3 is 5.69 Å². The normalized spacial score (nSPS) is 27.6. The lowest BCUT2D eigenvalue weighted by Gasteiger charge is -2.42. The van der Waals surface area contributed by atoms with Gasteiger partial charge < -0.3 is 14.3 Å². The molecule has 1 aromatic heterocycles. The first-order valence-electron chi connectivity index (χ1n) is 8.30. The Morgan fingerprint density at radius 2 is 2.12 bits per heavy atom. The molecule has 0 aliphatic carbocycles. The van der Waals surface area contributed by atoms with E-state index in [0.717, 1.165) is 0 Å². The number of hydrogen-bond donors (Lipinski definition) is 2. The third-order valence-corrected chi connectivity index (χ3v) is 11.0. The van der Waals surface area contributed by atoms with E-state index in [0.29, 0.717) is 10.8 Å². The molecule has 0 amide bonds. The average molecular weight is 482 g/mol. The van der Waals surface area contributed by atoms with Crippen LogP contribution in [-0.2, 0) is 9.16 Å². The molecule has 0 spiro atoms. The Labute approximate surface area is 162 Å². The lowest BCUT2D eigenvalue weighted by Crippen LogP contribution is -2.53. The highest BCUT2D eigenvalue weighted by molar-refractivity contribution is 14.1. The number of hydrogen-bond acceptors (Lipinski definition) is 5. The van der Waals surface area contributed by atoms with Crippen LogP contribution in [0.2, 0.25) is 18.1 Å². The number of nitrogens with zero attached hydrogens (tertiary/aromatic N) is 1. The number of aliphatic hydroxyl groups is 1. The topological polar surface area (TPSA) is 93.6 Å². The molecular formula is C16H27IN2O5Si. The van der Waals surface area contributed by atoms with Crippen molar-refractivity contribution in [2.24, 2.45) is 0 Å². The van der Waals surface area contributed by atoms with E-state index in [9.17, 15) is 14.7 Å². The summed E-state index contributed by atoms with van der Waals surface area (Å²) in [5.74, 6) is 0. The zero-order valence-corrected chi connectivity index (χ0v) is 18.5. The van der Waals surface area contributed by atoms with Gasteiger partial charge in [-0.2, -0.15) is 0 Å². The van der Waals surface area contributed by atoms with Crippen LogP contribution in [0.15, 0.2) is 21.9 Å². The van der Waals surface area contributed by atoms with Crippen LogP contribution in [0.1, 0.15) is 33.4 Å². The fraction of sp³-hybridized carbons (Fsp3) is 0.750. The third-order valence-electron chi connectivity index (χ3n) is 5.27. The fourth-order valence-electron chi connectivity index (χ4n) is 2.60. The second kappa shape index (κ2) is 7.26. The van der Waals surface area contributed by atoms with Gasteiger partial charge in [0.1, 0.15) is 11.8 Å². The summed E-state index contributed by atoms with van der Waals surface area (Å²) in [5, 5.41) is 10.0. The fourth-order valence-corrected chi connectivity index (χ4v) is 4.89. The van der Waals surface area contributed by atoms with Gasteiger partial charge in [0, 0.05) is 23.1 Å². The summed E-state index contributed by atoms with van der Waals surface area (Å²) >= 11 is 2.18. The van der Waals surface area contributed by atoms with Crippen LogP contribution < -0.4 is 11.2 Å². The van der Waals surface area contributed by atoms with E-state index in [1.807, 2.05) is 0 Å². The van der Waals surface area contributed by atoms with Crippen molar-refractivity contribution in [2.45, 2.75) is 63.3 Å². The lowest BCUT2D eigenvalue weighted by molar-refractivity contribution is -0.109. The first kappa shape index (κ1) is 20.8. The first-order chi connectivity index (χ1) is 11.5. The van der Waals surface area contributed by atoms with E-state index >= 15 is 0 Å². The summed E-state index contributed by atoms with van der Waals surface area (Å²) in [6.07, 6.45) is 0.970. The van der Waals surface area contributed by atoms with Crippen LogP contribution in [0.3, 0.4) is 0 Å². The Bertz CT molecular complexity index is 720. The molecular weight excluding hydrogens is 455 g/mol. The number of rotatable bonds is 5. The monoisotopic (exact) mass is 482 g/mol. The SMILES string of the molecule is CC(C)(C)[Si](C)(C)OC1C[C@@H](n2ccc(=O)[nH]c2=O)O[C@]1(CO)CI. The second-order valence-corrected chi connectivity index (χ2v) is 13.6. The smallest absolute Gasteiger partial charge is 0.330 e. The molecule has 1 aliphatic heterocycles. The Kier molecular flexibility index (Phi) is 6.04. The van der Waals surface area contributed by atoms with Crippen molar-refractivity contribution in [1.29, 1.82) is 0 Å². The minimum atomic E-state index is -2.08. The summed E-state index contributed by atoms with van der Waals surface area (Å²) in [4.78, 5) is 25.6. The number of ether oxygens (including phenoxy) is 1. The molecule has 1 unspecified atom stereocenters. The van der Waals surface area contributed by atoms with Crippen molar-refractivity contribution in [3.8, 4) is 0 Å². The zero-order valence-electron chi connectivity index (χ0n) is 15.3. The van der Waals surface area contributed by atoms with Gasteiger partial charge in [0.15, 0.2) is 8.32 Å². The number of aliphatic hydroxyl groups excluding tert-OH is 1. The quantitative estimate of drug-likeness (QED) is 0.381. The van der Waals surface area contributed by atoms with E-state index < -0.39 is 31.4 Å². The summed E-state index contributed by atoms with van der Waals surface area (Å²) in [5.41, 5.74) is -1.84. The zero-order chi connectivity index (χ0) is 19.0. The molecule has 0 radical (unpaired) electrons. The molecule has 3 atom stereocenters. The van der Waals surface area contributed by atoms with Crippen molar-refractivity contribution in [3.05, 3.63) is 33.1 Å². The van der Waals surface area contributed by atoms with E-state index in [1.165, 1.54) is 16.8 Å². The molecule has 7 nitrogen and oxygen atoms in total. The molecule has 142 valence electrons. The van der Waals surface area contributed by atoms with Gasteiger partial charge in [0.05, 0.1) is 12.7 Å². The molecule has 0 aromatic carbocycles. The first-order valence-corrected chi connectivity index (χ1v) is 12.7. The number of alkyl halides is 1. The molecule has 0 saturated carbocycles. The van der Waals surface area contributed by atoms with Crippen molar-refractivity contribution in [2.75, 3.05) is 11.0 Å². The average Bonchev–Trinajstić information content (AvgIpc) is 2.84. The lowest BCUT2D eigenvalue weighted by atomic mass is 10.0. The molecule has 1 saturated heterocycles. The minimum Gasteiger partial charge on any atom is -0.411 e. The van der Waals surface area contributed by atoms with Gasteiger partial charge in [0.2, 0.25) is 0 Å². The Morgan fingerprint density at radius 1 is 1.48 bits per heavy atom. The van der Waals surface area contributed by atoms with E-state index in [4.69, 9.17) is 9.16 Å². The maximum Gasteiger partial charge on any atom is 0.330 e. The van der Waals surface area contributed by atoms with Crippen molar-refractivity contribution < 1.29 is 14.3 Å². The van der Waals surface area contributed by atoms with E-state index in [1.54, 1.807) is 0 Å². The number of halogens is 1. The molecule has 2 heterocycles. The maximum absolute atomic E-state index is 12.1. The molecule has 25 heavy (non-hydrogen) atoms. The second-order valence-electron chi connectivity index (χ2n) is 8.05. The third kappa shape index (κ3) is 4.10. The van der Waals surface area contributed by atoms with Crippen LogP contribution in [0.25, 0.3) is 0 Å². The number of nitrogens with one attached hydrogen (secondary N) is 1. The predicted octanol–water partition coefficient (Wildman–Crippen LogP) is 2.01. The summed E-state index contributed by atoms with van der Waals surface area (Å²) in [7, 11) is -2.08. The number of aromatic amines is 1. The highest BCUT2D eigenvalue weighted by Gasteiger charge is 2.53. The molecule has 1 fully saturated rings. The van der Waals surface area contributed by atoms with Crippen molar-refractivity contribution in [3.63, 3.8) is 0 Å². The minimum absolute atomic E-state index is 0.0202. The van der Waals surface area contributed by atoms with Gasteiger partial charge in [-0.25, -0.2) is 4.79 Å². The van der Waals surface area contributed by atoms with Gasteiger partial charge in [-0.3, -0.25) is 14.3 Å². The Hall–Kier alpha value is -0.493. The summed E-state index contributed by atoms with van der Waals surface area (Å²) in [6.45, 7) is 10.6. The maximum atomic E-state index is 12.1. The highest BCUT2D eigenvalue weighted by Crippen LogP contribution is 2.44. The molecule has 1 aliphatic rings. The summed E-state index contributed by atoms with van der Waals surface area (Å²) in [6, 6.07) is 1.29. The van der Waals surface area contributed by atoms with Gasteiger partial charge in [-0.1, -0.05) is 43.4 Å². The number of aromatic nitrogens is 2. The van der Waals surface area contributed by atoms with Crippen LogP contribution in [0, 0.1) is 0 Å². The van der Waals surface area contributed by atoms with Crippen LogP contribution in [0.4, 0.5) is 0 Å². The van der Waals surface area contributed by atoms with Crippen LogP contribution in [-0.4, -0.2) is 45.7 Å². The summed E-state index contributed by atoms with van der Waals surface area (Å²) < 4.78 is 14.5. The van der Waals surface area contributed by atoms with Crippen molar-refractivity contribution >= 4 is 30.9 Å². The largest absolute Gasteiger partial charge is 0.411 e.